The van der Waals surface area contributed by atoms with Gasteiger partial charge in [0.05, 0.1) is 5.69 Å². The van der Waals surface area contributed by atoms with Gasteiger partial charge in [-0.15, -0.1) is 0 Å². The normalized spacial score (nSPS) is 14.4. The molecule has 1 aromatic carbocycles. The van der Waals surface area contributed by atoms with Gasteiger partial charge < -0.3 is 10.4 Å². The van der Waals surface area contributed by atoms with E-state index in [0.717, 1.165) is 25.7 Å². The van der Waals surface area contributed by atoms with Crippen LogP contribution in [0.5, 0.6) is 5.75 Å². The summed E-state index contributed by atoms with van der Waals surface area (Å²) in [4.78, 5) is 21.5. The van der Waals surface area contributed by atoms with Crippen LogP contribution >= 0.6 is 0 Å². The number of nitriles is 1. The molecule has 2 N–H and O–H groups in total. The van der Waals surface area contributed by atoms with Crippen molar-refractivity contribution in [1.82, 2.24) is 14.5 Å². The zero-order valence-corrected chi connectivity index (χ0v) is 14.0. The van der Waals surface area contributed by atoms with E-state index in [1.807, 2.05) is 6.07 Å². The molecule has 1 aliphatic rings. The van der Waals surface area contributed by atoms with Crippen molar-refractivity contribution in [2.45, 2.75) is 31.7 Å². The van der Waals surface area contributed by atoms with Crippen LogP contribution in [0.15, 0.2) is 41.3 Å². The van der Waals surface area contributed by atoms with Crippen LogP contribution in [0.4, 0.5) is 11.6 Å². The van der Waals surface area contributed by atoms with Crippen molar-refractivity contribution < 1.29 is 5.11 Å². The van der Waals surface area contributed by atoms with E-state index < -0.39 is 0 Å². The third kappa shape index (κ3) is 2.75. The van der Waals surface area contributed by atoms with Crippen molar-refractivity contribution >= 4 is 22.7 Å². The molecule has 130 valence electrons. The molecule has 0 saturated heterocycles. The van der Waals surface area contributed by atoms with E-state index >= 15 is 0 Å². The largest absolute Gasteiger partial charge is 0.506 e. The number of hydrogen-bond acceptors (Lipinski definition) is 6. The quantitative estimate of drug-likeness (QED) is 0.705. The molecule has 26 heavy (non-hydrogen) atoms. The lowest BCUT2D eigenvalue weighted by Crippen LogP contribution is -2.26. The van der Waals surface area contributed by atoms with E-state index in [1.165, 1.54) is 6.07 Å². The van der Waals surface area contributed by atoms with E-state index in [-0.39, 0.29) is 28.9 Å². The Kier molecular flexibility index (Phi) is 4.01. The monoisotopic (exact) mass is 347 g/mol. The molecule has 1 aliphatic carbocycles. The SMILES string of the molecule is N#Cc1cc2cnc(Nc3ccccc3O)nc2n(C2CCCC2)c1=O. The molecule has 7 heteroatoms. The highest BCUT2D eigenvalue weighted by atomic mass is 16.3. The Morgan fingerprint density at radius 2 is 2.04 bits per heavy atom. The van der Waals surface area contributed by atoms with Crippen molar-refractivity contribution in [1.29, 1.82) is 5.26 Å². The Balaban J connectivity index is 1.86. The number of nitrogens with zero attached hydrogens (tertiary/aromatic N) is 4. The van der Waals surface area contributed by atoms with Crippen LogP contribution in [0.2, 0.25) is 0 Å². The van der Waals surface area contributed by atoms with Crippen LogP contribution in [0.3, 0.4) is 0 Å². The summed E-state index contributed by atoms with van der Waals surface area (Å²) in [5.41, 5.74) is 0.789. The first-order chi connectivity index (χ1) is 12.7. The molecule has 0 aliphatic heterocycles. The Morgan fingerprint density at radius 1 is 1.27 bits per heavy atom. The minimum Gasteiger partial charge on any atom is -0.506 e. The van der Waals surface area contributed by atoms with Crippen LogP contribution < -0.4 is 10.9 Å². The number of phenolic OH excluding ortho intramolecular Hbond substituents is 1. The zero-order chi connectivity index (χ0) is 18.1. The standard InChI is InChI=1S/C19H17N5O2/c20-10-12-9-13-11-21-19(22-15-7-3-4-8-16(15)25)23-17(13)24(18(12)26)14-5-1-2-6-14/h3-4,7-9,11,14,25H,1-2,5-6H2,(H,21,22,23). The van der Waals surface area contributed by atoms with Gasteiger partial charge in [-0.25, -0.2) is 4.98 Å². The van der Waals surface area contributed by atoms with Gasteiger partial charge in [-0.1, -0.05) is 25.0 Å². The van der Waals surface area contributed by atoms with Gasteiger partial charge in [0.1, 0.15) is 23.0 Å². The average molecular weight is 347 g/mol. The van der Waals surface area contributed by atoms with Crippen LogP contribution in [0, 0.1) is 11.3 Å². The third-order valence-corrected chi connectivity index (χ3v) is 4.73. The Bertz CT molecular complexity index is 1080. The van der Waals surface area contributed by atoms with Crippen molar-refractivity contribution in [3.8, 4) is 11.8 Å². The summed E-state index contributed by atoms with van der Waals surface area (Å²) in [7, 11) is 0. The van der Waals surface area contributed by atoms with Gasteiger partial charge in [-0.2, -0.15) is 10.2 Å². The highest BCUT2D eigenvalue weighted by Crippen LogP contribution is 2.31. The highest BCUT2D eigenvalue weighted by Gasteiger charge is 2.22. The molecule has 0 unspecified atom stereocenters. The molecule has 0 spiro atoms. The van der Waals surface area contributed by atoms with E-state index in [2.05, 4.69) is 15.3 Å². The van der Waals surface area contributed by atoms with Crippen LogP contribution in [-0.4, -0.2) is 19.6 Å². The molecule has 0 radical (unpaired) electrons. The fourth-order valence-electron chi connectivity index (χ4n) is 3.46. The number of pyridine rings is 1. The maximum Gasteiger partial charge on any atom is 0.270 e. The topological polar surface area (TPSA) is 104 Å². The molecule has 0 atom stereocenters. The second kappa shape index (κ2) is 6.48. The van der Waals surface area contributed by atoms with Crippen molar-refractivity contribution in [2.75, 3.05) is 5.32 Å². The van der Waals surface area contributed by atoms with E-state index in [4.69, 9.17) is 0 Å². The first kappa shape index (κ1) is 16.1. The fourth-order valence-corrected chi connectivity index (χ4v) is 3.46. The van der Waals surface area contributed by atoms with Gasteiger partial charge in [0.15, 0.2) is 0 Å². The molecular formula is C19H17N5O2. The molecule has 1 fully saturated rings. The molecule has 4 rings (SSSR count). The predicted molar refractivity (Wildman–Crippen MR) is 97.4 cm³/mol. The van der Waals surface area contributed by atoms with Gasteiger partial charge in [-0.3, -0.25) is 9.36 Å². The summed E-state index contributed by atoms with van der Waals surface area (Å²) in [6, 6.07) is 10.4. The molecule has 7 nitrogen and oxygen atoms in total. The smallest absolute Gasteiger partial charge is 0.270 e. The molecular weight excluding hydrogens is 330 g/mol. The number of hydrogen-bond donors (Lipinski definition) is 2. The minimum atomic E-state index is -0.306. The van der Waals surface area contributed by atoms with E-state index in [9.17, 15) is 15.2 Å². The van der Waals surface area contributed by atoms with Crippen LogP contribution in [0.25, 0.3) is 11.0 Å². The highest BCUT2D eigenvalue weighted by molar-refractivity contribution is 5.77. The average Bonchev–Trinajstić information content (AvgIpc) is 3.17. The summed E-state index contributed by atoms with van der Waals surface area (Å²) in [5.74, 6) is 0.374. The zero-order valence-electron chi connectivity index (χ0n) is 14.0. The fraction of sp³-hybridized carbons (Fsp3) is 0.263. The Labute approximate surface area is 149 Å². The van der Waals surface area contributed by atoms with Crippen molar-refractivity contribution in [3.63, 3.8) is 0 Å². The molecule has 0 amide bonds. The van der Waals surface area contributed by atoms with Gasteiger partial charge in [-0.05, 0) is 31.0 Å². The first-order valence-electron chi connectivity index (χ1n) is 8.55. The Hall–Kier alpha value is -3.40. The van der Waals surface area contributed by atoms with Crippen molar-refractivity contribution in [2.24, 2.45) is 0 Å². The second-order valence-electron chi connectivity index (χ2n) is 6.40. The minimum absolute atomic E-state index is 0.0474. The van der Waals surface area contributed by atoms with Crippen LogP contribution in [-0.2, 0) is 0 Å². The maximum absolute atomic E-state index is 12.7. The van der Waals surface area contributed by atoms with Crippen LogP contribution in [0.1, 0.15) is 37.3 Å². The summed E-state index contributed by atoms with van der Waals surface area (Å²) < 4.78 is 1.64. The summed E-state index contributed by atoms with van der Waals surface area (Å²) in [5, 5.41) is 22.8. The van der Waals surface area contributed by atoms with Gasteiger partial charge in [0.2, 0.25) is 5.95 Å². The van der Waals surface area contributed by atoms with Gasteiger partial charge in [0.25, 0.3) is 5.56 Å². The number of aromatic hydroxyl groups is 1. The third-order valence-electron chi connectivity index (χ3n) is 4.73. The van der Waals surface area contributed by atoms with E-state index in [1.54, 1.807) is 35.0 Å². The number of phenols is 1. The molecule has 3 aromatic rings. The summed E-state index contributed by atoms with van der Waals surface area (Å²) >= 11 is 0. The number of rotatable bonds is 3. The van der Waals surface area contributed by atoms with Crippen molar-refractivity contribution in [3.05, 3.63) is 52.4 Å². The number of para-hydroxylation sites is 2. The summed E-state index contributed by atoms with van der Waals surface area (Å²) in [6.07, 6.45) is 5.51. The van der Waals surface area contributed by atoms with E-state index in [0.29, 0.717) is 16.7 Å². The summed E-state index contributed by atoms with van der Waals surface area (Å²) in [6.45, 7) is 0. The predicted octanol–water partition coefficient (Wildman–Crippen LogP) is 3.23. The maximum atomic E-state index is 12.7. The lowest BCUT2D eigenvalue weighted by Gasteiger charge is -2.17. The molecule has 1 saturated carbocycles. The first-order valence-corrected chi connectivity index (χ1v) is 8.55. The van der Waals surface area contributed by atoms with Gasteiger partial charge in [0, 0.05) is 17.6 Å². The number of anilines is 2. The lowest BCUT2D eigenvalue weighted by molar-refractivity contribution is 0.477. The number of benzene rings is 1. The molecule has 2 heterocycles. The Morgan fingerprint density at radius 3 is 2.77 bits per heavy atom. The number of fused-ring (bicyclic) bond motifs is 1. The molecule has 0 bridgehead atoms. The number of nitrogens with one attached hydrogen (secondary N) is 1. The van der Waals surface area contributed by atoms with Gasteiger partial charge >= 0.3 is 0 Å². The lowest BCUT2D eigenvalue weighted by atomic mass is 10.2. The number of aromatic nitrogens is 3. The molecule has 2 aromatic heterocycles. The second-order valence-corrected chi connectivity index (χ2v) is 6.40.